The molecule has 0 atom stereocenters. The van der Waals surface area contributed by atoms with Crippen molar-refractivity contribution in [3.05, 3.63) is 70.4 Å². The Bertz CT molecular complexity index is 1140. The molecule has 1 aromatic heterocycles. The Morgan fingerprint density at radius 2 is 1.75 bits per heavy atom. The molecule has 5 rings (SSSR count). The molecule has 6 heteroatoms. The zero-order valence-corrected chi connectivity index (χ0v) is 18.8. The second kappa shape index (κ2) is 8.99. The van der Waals surface area contributed by atoms with E-state index < -0.39 is 6.09 Å². The largest absolute Gasteiger partial charge is 0.444 e. The molecule has 1 aliphatic carbocycles. The Morgan fingerprint density at radius 3 is 2.44 bits per heavy atom. The van der Waals surface area contributed by atoms with Crippen LogP contribution in [0.5, 0.6) is 0 Å². The van der Waals surface area contributed by atoms with Gasteiger partial charge in [-0.25, -0.2) is 4.79 Å². The number of fused-ring (bicyclic) bond motifs is 1. The van der Waals surface area contributed by atoms with Crippen molar-refractivity contribution >= 4 is 34.5 Å². The summed E-state index contributed by atoms with van der Waals surface area (Å²) in [7, 11) is 0. The first-order valence-electron chi connectivity index (χ1n) is 11.5. The number of halogens is 1. The fourth-order valence-corrected chi connectivity index (χ4v) is 5.22. The highest BCUT2D eigenvalue weighted by atomic mass is 35.5. The molecule has 2 fully saturated rings. The van der Waals surface area contributed by atoms with Crippen molar-refractivity contribution in [3.63, 3.8) is 0 Å². The molecule has 1 saturated carbocycles. The van der Waals surface area contributed by atoms with Crippen molar-refractivity contribution in [2.45, 2.75) is 51.0 Å². The average molecular weight is 451 g/mol. The second-order valence-electron chi connectivity index (χ2n) is 8.79. The maximum Gasteiger partial charge on any atom is 0.418 e. The van der Waals surface area contributed by atoms with Gasteiger partial charge >= 0.3 is 6.09 Å². The van der Waals surface area contributed by atoms with Gasteiger partial charge in [-0.2, -0.15) is 0 Å². The number of hydrogen-bond acceptors (Lipinski definition) is 3. The zero-order valence-electron chi connectivity index (χ0n) is 18.1. The molecule has 1 aliphatic heterocycles. The predicted octanol–water partition coefficient (Wildman–Crippen LogP) is 6.37. The van der Waals surface area contributed by atoms with Crippen LogP contribution in [0.2, 0.25) is 5.02 Å². The van der Waals surface area contributed by atoms with Crippen LogP contribution in [-0.4, -0.2) is 34.6 Å². The number of carbonyl (C=O) groups excluding carboxylic acids is 2. The summed E-state index contributed by atoms with van der Waals surface area (Å²) in [5, 5.41) is 1.35. The van der Waals surface area contributed by atoms with Crippen LogP contribution in [-0.2, 0) is 11.3 Å². The van der Waals surface area contributed by atoms with E-state index in [-0.39, 0.29) is 18.4 Å². The van der Waals surface area contributed by atoms with Gasteiger partial charge in [-0.1, -0.05) is 61.2 Å². The zero-order chi connectivity index (χ0) is 22.1. The van der Waals surface area contributed by atoms with Gasteiger partial charge in [0.05, 0.1) is 16.1 Å². The SMILES string of the molecule is O=C(c1c(Cl)cc2c(ccn2C(=O)OCc2ccccc2)c1C1CCCCC1)N1CCC1. The Kier molecular flexibility index (Phi) is 5.92. The number of benzene rings is 2. The molecule has 0 N–H and O–H groups in total. The van der Waals surface area contributed by atoms with E-state index in [4.69, 9.17) is 16.3 Å². The van der Waals surface area contributed by atoms with Crippen LogP contribution in [0.25, 0.3) is 10.9 Å². The van der Waals surface area contributed by atoms with Gasteiger partial charge in [-0.15, -0.1) is 0 Å². The van der Waals surface area contributed by atoms with Crippen LogP contribution in [0, 0.1) is 0 Å². The minimum Gasteiger partial charge on any atom is -0.444 e. The topological polar surface area (TPSA) is 51.5 Å². The fraction of sp³-hybridized carbons (Fsp3) is 0.385. The Hall–Kier alpha value is -2.79. The molecule has 2 heterocycles. The van der Waals surface area contributed by atoms with Crippen LogP contribution >= 0.6 is 11.6 Å². The number of rotatable bonds is 4. The van der Waals surface area contributed by atoms with E-state index in [0.717, 1.165) is 61.7 Å². The normalized spacial score (nSPS) is 16.7. The van der Waals surface area contributed by atoms with E-state index in [1.165, 1.54) is 11.0 Å². The van der Waals surface area contributed by atoms with Gasteiger partial charge < -0.3 is 9.64 Å². The molecule has 0 radical (unpaired) electrons. The molecule has 1 saturated heterocycles. The molecule has 2 aliphatic rings. The number of nitrogens with zero attached hydrogens (tertiary/aromatic N) is 2. The first kappa shape index (κ1) is 21.1. The lowest BCUT2D eigenvalue weighted by atomic mass is 9.80. The standard InChI is InChI=1S/C26H27ClN2O3/c27-21-16-22-20(12-15-29(22)26(31)32-17-18-8-3-1-4-9-18)23(19-10-5-2-6-11-19)24(21)25(30)28-13-7-14-28/h1,3-4,8-9,12,15-16,19H,2,5-7,10-11,13-14,17H2. The summed E-state index contributed by atoms with van der Waals surface area (Å²) in [5.74, 6) is 0.296. The number of amides is 1. The Labute approximate surface area is 192 Å². The monoisotopic (exact) mass is 450 g/mol. The first-order chi connectivity index (χ1) is 15.6. The average Bonchev–Trinajstić information content (AvgIpc) is 3.20. The second-order valence-corrected chi connectivity index (χ2v) is 9.19. The summed E-state index contributed by atoms with van der Waals surface area (Å²) < 4.78 is 7.06. The summed E-state index contributed by atoms with van der Waals surface area (Å²) in [6.45, 7) is 1.77. The van der Waals surface area contributed by atoms with Crippen LogP contribution in [0.4, 0.5) is 4.79 Å². The molecule has 166 valence electrons. The highest BCUT2D eigenvalue weighted by Gasteiger charge is 2.31. The van der Waals surface area contributed by atoms with Gasteiger partial charge in [-0.05, 0) is 48.4 Å². The molecule has 0 unspecified atom stereocenters. The van der Waals surface area contributed by atoms with E-state index in [9.17, 15) is 9.59 Å². The highest BCUT2D eigenvalue weighted by molar-refractivity contribution is 6.35. The molecule has 1 amide bonds. The minimum absolute atomic E-state index is 0.0168. The van der Waals surface area contributed by atoms with Crippen LogP contribution < -0.4 is 0 Å². The summed E-state index contributed by atoms with van der Waals surface area (Å²) in [4.78, 5) is 28.1. The summed E-state index contributed by atoms with van der Waals surface area (Å²) in [5.41, 5.74) is 3.27. The number of hydrogen-bond donors (Lipinski definition) is 0. The summed E-state index contributed by atoms with van der Waals surface area (Å²) >= 11 is 6.74. The molecule has 0 spiro atoms. The van der Waals surface area contributed by atoms with E-state index >= 15 is 0 Å². The predicted molar refractivity (Wildman–Crippen MR) is 125 cm³/mol. The quantitative estimate of drug-likeness (QED) is 0.463. The van der Waals surface area contributed by atoms with Crippen molar-refractivity contribution in [1.82, 2.24) is 9.47 Å². The van der Waals surface area contributed by atoms with Gasteiger partial charge in [0.2, 0.25) is 0 Å². The molecule has 5 nitrogen and oxygen atoms in total. The van der Waals surface area contributed by atoms with Gasteiger partial charge in [0, 0.05) is 24.7 Å². The number of likely N-dealkylation sites (tertiary alicyclic amines) is 1. The number of ether oxygens (including phenoxy) is 1. The van der Waals surface area contributed by atoms with Crippen molar-refractivity contribution in [2.24, 2.45) is 0 Å². The number of carbonyl (C=O) groups is 2. The van der Waals surface area contributed by atoms with Gasteiger partial charge in [0.1, 0.15) is 6.61 Å². The molecule has 3 aromatic rings. The maximum absolute atomic E-state index is 13.3. The van der Waals surface area contributed by atoms with Crippen molar-refractivity contribution in [2.75, 3.05) is 13.1 Å². The van der Waals surface area contributed by atoms with Gasteiger partial charge in [-0.3, -0.25) is 9.36 Å². The Morgan fingerprint density at radius 1 is 1.00 bits per heavy atom. The van der Waals surface area contributed by atoms with Crippen molar-refractivity contribution < 1.29 is 14.3 Å². The van der Waals surface area contributed by atoms with Crippen molar-refractivity contribution in [3.8, 4) is 0 Å². The molecule has 32 heavy (non-hydrogen) atoms. The van der Waals surface area contributed by atoms with Crippen molar-refractivity contribution in [1.29, 1.82) is 0 Å². The maximum atomic E-state index is 13.3. The minimum atomic E-state index is -0.448. The Balaban J connectivity index is 1.53. The third-order valence-electron chi connectivity index (χ3n) is 6.76. The highest BCUT2D eigenvalue weighted by Crippen LogP contribution is 2.42. The smallest absolute Gasteiger partial charge is 0.418 e. The fourth-order valence-electron chi connectivity index (χ4n) is 4.93. The number of aromatic nitrogens is 1. The summed E-state index contributed by atoms with van der Waals surface area (Å²) in [6.07, 6.45) is 7.93. The molecule has 2 aromatic carbocycles. The van der Waals surface area contributed by atoms with Crippen LogP contribution in [0.3, 0.4) is 0 Å². The van der Waals surface area contributed by atoms with Gasteiger partial charge in [0.15, 0.2) is 0 Å². The van der Waals surface area contributed by atoms with E-state index in [1.54, 1.807) is 12.3 Å². The molecular formula is C26H27ClN2O3. The van der Waals surface area contributed by atoms with Crippen LogP contribution in [0.15, 0.2) is 48.7 Å². The third kappa shape index (κ3) is 3.90. The van der Waals surface area contributed by atoms with E-state index in [2.05, 4.69) is 0 Å². The molecule has 0 bridgehead atoms. The third-order valence-corrected chi connectivity index (χ3v) is 7.06. The lowest BCUT2D eigenvalue weighted by Crippen LogP contribution is -2.42. The first-order valence-corrected chi connectivity index (χ1v) is 11.8. The van der Waals surface area contributed by atoms with Crippen LogP contribution in [0.1, 0.15) is 65.9 Å². The lowest BCUT2D eigenvalue weighted by Gasteiger charge is -2.33. The van der Waals surface area contributed by atoms with Gasteiger partial charge in [0.25, 0.3) is 5.91 Å². The molecular weight excluding hydrogens is 424 g/mol. The van der Waals surface area contributed by atoms with E-state index in [0.29, 0.717) is 16.1 Å². The lowest BCUT2D eigenvalue weighted by molar-refractivity contribution is 0.0650. The van der Waals surface area contributed by atoms with E-state index in [1.807, 2.05) is 41.3 Å². The summed E-state index contributed by atoms with van der Waals surface area (Å²) in [6, 6.07) is 13.3.